The Morgan fingerprint density at radius 1 is 1.25 bits per heavy atom. The lowest BCUT2D eigenvalue weighted by atomic mass is 10.1. The Morgan fingerprint density at radius 3 is 2.50 bits per heavy atom. The van der Waals surface area contributed by atoms with Crippen LogP contribution in [0, 0.1) is 0 Å². The number of benzene rings is 1. The van der Waals surface area contributed by atoms with Crippen LogP contribution in [0.2, 0.25) is 0 Å². The average Bonchev–Trinajstić information content (AvgIpc) is 3.38. The van der Waals surface area contributed by atoms with Crippen molar-refractivity contribution in [1.82, 2.24) is 5.32 Å². The minimum Gasteiger partial charge on any atom is -0.494 e. The van der Waals surface area contributed by atoms with Crippen LogP contribution < -0.4 is 15.8 Å². The fourth-order valence-electron chi connectivity index (χ4n) is 2.55. The molecule has 1 fully saturated rings. The highest BCUT2D eigenvalue weighted by atomic mass is 16.5. The number of carbonyl (C=O) groups excluding carboxylic acids is 1. The summed E-state index contributed by atoms with van der Waals surface area (Å²) in [6.07, 6.45) is 7.37. The molecule has 2 rings (SSSR count). The number of hydrogen-bond donors (Lipinski definition) is 3. The summed E-state index contributed by atoms with van der Waals surface area (Å²) in [6, 6.07) is 7.04. The molecule has 0 unspecified atom stereocenters. The maximum Gasteiger partial charge on any atom is 0.252 e. The number of ether oxygens (including phenoxy) is 1. The molecule has 0 aromatic heterocycles. The van der Waals surface area contributed by atoms with Gasteiger partial charge in [-0.2, -0.15) is 0 Å². The number of amidine groups is 1. The standard InChI is InChI=1S/C18H27N3O3/c1-2-3-4-5-6-13-24-15-9-7-14(8-10-15)16(22)20-18(11-12-18)17(19)21-23/h7-10,23H,2-6,11-13H2,1H3,(H2,19,21)(H,20,22). The molecule has 4 N–H and O–H groups in total. The highest BCUT2D eigenvalue weighted by molar-refractivity contribution is 6.01. The second kappa shape index (κ2) is 8.57. The van der Waals surface area contributed by atoms with Crippen molar-refractivity contribution in [2.75, 3.05) is 6.61 Å². The van der Waals surface area contributed by atoms with Gasteiger partial charge in [0.05, 0.1) is 6.61 Å². The number of unbranched alkanes of at least 4 members (excludes halogenated alkanes) is 4. The van der Waals surface area contributed by atoms with Crippen LogP contribution in [0.25, 0.3) is 0 Å². The molecule has 6 nitrogen and oxygen atoms in total. The van der Waals surface area contributed by atoms with E-state index in [1.54, 1.807) is 24.3 Å². The van der Waals surface area contributed by atoms with Crippen molar-refractivity contribution in [2.45, 2.75) is 57.4 Å². The first-order chi connectivity index (χ1) is 11.6. The number of carbonyl (C=O) groups is 1. The molecule has 1 amide bonds. The molecule has 0 spiro atoms. The van der Waals surface area contributed by atoms with Gasteiger partial charge in [0.1, 0.15) is 11.3 Å². The molecule has 1 aromatic carbocycles. The van der Waals surface area contributed by atoms with Gasteiger partial charge >= 0.3 is 0 Å². The normalized spacial score (nSPS) is 15.8. The summed E-state index contributed by atoms with van der Waals surface area (Å²) < 4.78 is 5.69. The van der Waals surface area contributed by atoms with Crippen LogP contribution >= 0.6 is 0 Å². The minimum atomic E-state index is -0.681. The predicted octanol–water partition coefficient (Wildman–Crippen LogP) is 3.04. The highest BCUT2D eigenvalue weighted by Gasteiger charge is 2.48. The molecular weight excluding hydrogens is 306 g/mol. The van der Waals surface area contributed by atoms with E-state index in [9.17, 15) is 4.79 Å². The summed E-state index contributed by atoms with van der Waals surface area (Å²) in [6.45, 7) is 2.89. The van der Waals surface area contributed by atoms with Crippen LogP contribution in [0.4, 0.5) is 0 Å². The molecule has 0 atom stereocenters. The first-order valence-electron chi connectivity index (χ1n) is 8.64. The summed E-state index contributed by atoms with van der Waals surface area (Å²) in [7, 11) is 0. The van der Waals surface area contributed by atoms with Crippen molar-refractivity contribution in [3.8, 4) is 5.75 Å². The van der Waals surface area contributed by atoms with Gasteiger partial charge in [0.15, 0.2) is 5.84 Å². The smallest absolute Gasteiger partial charge is 0.252 e. The molecule has 1 aromatic rings. The second-order valence-electron chi connectivity index (χ2n) is 6.31. The van der Waals surface area contributed by atoms with Crippen LogP contribution in [0.3, 0.4) is 0 Å². The number of nitrogens with one attached hydrogen (secondary N) is 1. The fraction of sp³-hybridized carbons (Fsp3) is 0.556. The van der Waals surface area contributed by atoms with E-state index in [2.05, 4.69) is 17.4 Å². The zero-order chi connectivity index (χ0) is 17.4. The third kappa shape index (κ3) is 4.88. The van der Waals surface area contributed by atoms with E-state index in [4.69, 9.17) is 15.7 Å². The van der Waals surface area contributed by atoms with E-state index in [0.29, 0.717) is 25.0 Å². The SMILES string of the molecule is CCCCCCCOc1ccc(C(=O)NC2(/C(N)=N/O)CC2)cc1. The van der Waals surface area contributed by atoms with E-state index in [1.165, 1.54) is 25.7 Å². The molecule has 0 saturated heterocycles. The number of nitrogens with zero attached hydrogens (tertiary/aromatic N) is 1. The number of oxime groups is 1. The van der Waals surface area contributed by atoms with Gasteiger partial charge in [0.2, 0.25) is 0 Å². The molecule has 0 bridgehead atoms. The Balaban J connectivity index is 1.78. The van der Waals surface area contributed by atoms with Gasteiger partial charge in [-0.1, -0.05) is 37.8 Å². The van der Waals surface area contributed by atoms with Gasteiger partial charge < -0.3 is 21.0 Å². The quantitative estimate of drug-likeness (QED) is 0.201. The van der Waals surface area contributed by atoms with E-state index in [0.717, 1.165) is 12.2 Å². The van der Waals surface area contributed by atoms with Crippen LogP contribution in [-0.2, 0) is 0 Å². The Morgan fingerprint density at radius 2 is 1.92 bits per heavy atom. The molecular formula is C18H27N3O3. The number of hydrogen-bond acceptors (Lipinski definition) is 4. The van der Waals surface area contributed by atoms with Gasteiger partial charge in [0.25, 0.3) is 5.91 Å². The monoisotopic (exact) mass is 333 g/mol. The molecule has 0 heterocycles. The summed E-state index contributed by atoms with van der Waals surface area (Å²) in [5, 5.41) is 14.6. The van der Waals surface area contributed by atoms with Crippen LogP contribution in [-0.4, -0.2) is 29.1 Å². The summed E-state index contributed by atoms with van der Waals surface area (Å²) in [4.78, 5) is 12.2. The number of rotatable bonds is 10. The van der Waals surface area contributed by atoms with Crippen LogP contribution in [0.15, 0.2) is 29.4 Å². The van der Waals surface area contributed by atoms with Gasteiger partial charge in [0, 0.05) is 5.56 Å². The van der Waals surface area contributed by atoms with Gasteiger partial charge in [-0.05, 0) is 43.5 Å². The summed E-state index contributed by atoms with van der Waals surface area (Å²) in [5.74, 6) is 0.587. The molecule has 1 saturated carbocycles. The third-order valence-electron chi connectivity index (χ3n) is 4.33. The molecule has 132 valence electrons. The second-order valence-corrected chi connectivity index (χ2v) is 6.31. The zero-order valence-corrected chi connectivity index (χ0v) is 14.3. The lowest BCUT2D eigenvalue weighted by Crippen LogP contribution is -2.46. The average molecular weight is 333 g/mol. The Labute approximate surface area is 143 Å². The fourth-order valence-corrected chi connectivity index (χ4v) is 2.55. The highest BCUT2D eigenvalue weighted by Crippen LogP contribution is 2.35. The largest absolute Gasteiger partial charge is 0.494 e. The molecule has 0 radical (unpaired) electrons. The van der Waals surface area contributed by atoms with E-state index in [1.807, 2.05) is 0 Å². The van der Waals surface area contributed by atoms with Gasteiger partial charge in [-0.25, -0.2) is 0 Å². The predicted molar refractivity (Wildman–Crippen MR) is 93.5 cm³/mol. The van der Waals surface area contributed by atoms with Crippen LogP contribution in [0.1, 0.15) is 62.2 Å². The maximum absolute atomic E-state index is 12.2. The Kier molecular flexibility index (Phi) is 6.46. The van der Waals surface area contributed by atoms with Crippen molar-refractivity contribution in [3.63, 3.8) is 0 Å². The number of amides is 1. The summed E-state index contributed by atoms with van der Waals surface area (Å²) >= 11 is 0. The van der Waals surface area contributed by atoms with Crippen molar-refractivity contribution in [3.05, 3.63) is 29.8 Å². The number of nitrogens with two attached hydrogens (primary N) is 1. The lowest BCUT2D eigenvalue weighted by Gasteiger charge is -2.15. The molecule has 1 aliphatic carbocycles. The molecule has 0 aliphatic heterocycles. The van der Waals surface area contributed by atoms with E-state index in [-0.39, 0.29) is 11.7 Å². The van der Waals surface area contributed by atoms with Crippen molar-refractivity contribution in [2.24, 2.45) is 10.9 Å². The zero-order valence-electron chi connectivity index (χ0n) is 14.3. The first-order valence-corrected chi connectivity index (χ1v) is 8.64. The van der Waals surface area contributed by atoms with Crippen LogP contribution in [0.5, 0.6) is 5.75 Å². The van der Waals surface area contributed by atoms with Gasteiger partial charge in [-0.15, -0.1) is 0 Å². The lowest BCUT2D eigenvalue weighted by molar-refractivity contribution is 0.0942. The van der Waals surface area contributed by atoms with Crippen molar-refractivity contribution < 1.29 is 14.7 Å². The molecule has 24 heavy (non-hydrogen) atoms. The first kappa shape index (κ1) is 18.1. The van der Waals surface area contributed by atoms with E-state index < -0.39 is 5.54 Å². The minimum absolute atomic E-state index is 0.0545. The summed E-state index contributed by atoms with van der Waals surface area (Å²) in [5.41, 5.74) is 5.48. The Bertz CT molecular complexity index is 565. The maximum atomic E-state index is 12.2. The Hall–Kier alpha value is -2.24. The molecule has 1 aliphatic rings. The van der Waals surface area contributed by atoms with E-state index >= 15 is 0 Å². The topological polar surface area (TPSA) is 96.9 Å². The third-order valence-corrected chi connectivity index (χ3v) is 4.33. The van der Waals surface area contributed by atoms with Crippen molar-refractivity contribution >= 4 is 11.7 Å². The molecule has 6 heteroatoms. The van der Waals surface area contributed by atoms with Crippen molar-refractivity contribution in [1.29, 1.82) is 0 Å². The van der Waals surface area contributed by atoms with Gasteiger partial charge in [-0.3, -0.25) is 4.79 Å².